The molecule has 18 heavy (non-hydrogen) atoms. The highest BCUT2D eigenvalue weighted by molar-refractivity contribution is 5.93. The highest BCUT2D eigenvalue weighted by Crippen LogP contribution is 2.29. The molecule has 0 spiro atoms. The van der Waals surface area contributed by atoms with E-state index < -0.39 is 17.7 Å². The molecule has 0 aromatic heterocycles. The molecule has 0 heterocycles. The Hall–Kier alpha value is -2.05. The number of carbonyl (C=O) groups excluding carboxylic acids is 1. The normalized spacial score (nSPS) is 11.6. The lowest BCUT2D eigenvalue weighted by Crippen LogP contribution is -2.09. The zero-order valence-corrected chi connectivity index (χ0v) is 9.73. The molecule has 0 amide bonds. The number of halogens is 3. The number of carbonyl (C=O) groups is 1. The van der Waals surface area contributed by atoms with Crippen molar-refractivity contribution in [3.63, 3.8) is 0 Å². The summed E-state index contributed by atoms with van der Waals surface area (Å²) < 4.78 is 41.4. The molecule has 0 radical (unpaired) electrons. The van der Waals surface area contributed by atoms with Gasteiger partial charge < -0.3 is 9.75 Å². The summed E-state index contributed by atoms with van der Waals surface area (Å²) >= 11 is 0. The maximum atomic E-state index is 12.3. The number of nitrogens with zero attached hydrogens (tertiary/aromatic N) is 2. The lowest BCUT2D eigenvalue weighted by atomic mass is 10.1. The van der Waals surface area contributed by atoms with Crippen LogP contribution in [0, 0.1) is 0 Å². The molecule has 0 saturated heterocycles. The minimum absolute atomic E-state index is 0.0215. The van der Waals surface area contributed by atoms with Gasteiger partial charge in [-0.25, -0.2) is 4.79 Å². The summed E-state index contributed by atoms with van der Waals surface area (Å²) in [5, 5.41) is 5.03. The zero-order valence-electron chi connectivity index (χ0n) is 9.73. The Balaban J connectivity index is 2.71. The molecule has 0 aliphatic carbocycles. The van der Waals surface area contributed by atoms with Gasteiger partial charge in [-0.3, -0.25) is 0 Å². The fraction of sp³-hybridized carbons (Fsp3) is 0.273. The Labute approximate surface area is 102 Å². The van der Waals surface area contributed by atoms with Crippen molar-refractivity contribution in [2.45, 2.75) is 6.18 Å². The van der Waals surface area contributed by atoms with Gasteiger partial charge in [0.05, 0.1) is 11.1 Å². The lowest BCUT2D eigenvalue weighted by Gasteiger charge is -2.06. The van der Waals surface area contributed by atoms with Crippen LogP contribution in [-0.2, 0) is 10.9 Å². The van der Waals surface area contributed by atoms with E-state index in [1.807, 2.05) is 0 Å². The number of hydrogen-bond donors (Lipinski definition) is 0. The molecule has 0 bridgehead atoms. The molecule has 4 nitrogen and oxygen atoms in total. The summed E-state index contributed by atoms with van der Waals surface area (Å²) in [6.45, 7) is 0. The van der Waals surface area contributed by atoms with Gasteiger partial charge in [0.1, 0.15) is 0 Å². The molecular formula is C11H11F3N2O2. The van der Waals surface area contributed by atoms with E-state index in [0.717, 1.165) is 30.7 Å². The van der Waals surface area contributed by atoms with Crippen LogP contribution < -0.4 is 0 Å². The van der Waals surface area contributed by atoms with E-state index in [0.29, 0.717) is 0 Å². The molecule has 1 rings (SSSR count). The molecule has 0 aliphatic rings. The number of alkyl halides is 3. The van der Waals surface area contributed by atoms with Crippen molar-refractivity contribution in [3.05, 3.63) is 35.4 Å². The number of rotatable bonds is 3. The van der Waals surface area contributed by atoms with Gasteiger partial charge in [0.15, 0.2) is 0 Å². The summed E-state index contributed by atoms with van der Waals surface area (Å²) in [5.41, 5.74) is -0.797. The Bertz CT molecular complexity index is 439. The Morgan fingerprint density at radius 2 is 1.83 bits per heavy atom. The molecule has 0 atom stereocenters. The molecule has 98 valence electrons. The SMILES string of the molecule is CN(C)N=COC(=O)c1ccc(C(F)(F)F)cc1. The highest BCUT2D eigenvalue weighted by atomic mass is 19.4. The second kappa shape index (κ2) is 5.52. The molecule has 0 saturated carbocycles. The highest BCUT2D eigenvalue weighted by Gasteiger charge is 2.30. The molecule has 0 unspecified atom stereocenters. The summed E-state index contributed by atoms with van der Waals surface area (Å²) in [6.07, 6.45) is -3.51. The van der Waals surface area contributed by atoms with Crippen LogP contribution >= 0.6 is 0 Å². The van der Waals surface area contributed by atoms with Crippen molar-refractivity contribution in [1.82, 2.24) is 5.01 Å². The van der Waals surface area contributed by atoms with Crippen molar-refractivity contribution in [3.8, 4) is 0 Å². The second-order valence-electron chi connectivity index (χ2n) is 3.55. The van der Waals surface area contributed by atoms with Crippen LogP contribution in [0.15, 0.2) is 29.4 Å². The van der Waals surface area contributed by atoms with E-state index in [-0.39, 0.29) is 5.56 Å². The quantitative estimate of drug-likeness (QED) is 0.362. The Morgan fingerprint density at radius 3 is 2.28 bits per heavy atom. The maximum absolute atomic E-state index is 12.3. The van der Waals surface area contributed by atoms with Crippen LogP contribution in [-0.4, -0.2) is 31.5 Å². The predicted octanol–water partition coefficient (Wildman–Crippen LogP) is 2.37. The van der Waals surface area contributed by atoms with Gasteiger partial charge in [-0.15, -0.1) is 5.10 Å². The van der Waals surface area contributed by atoms with E-state index >= 15 is 0 Å². The van der Waals surface area contributed by atoms with Crippen LogP contribution in [0.4, 0.5) is 13.2 Å². The van der Waals surface area contributed by atoms with Gasteiger partial charge in [0.25, 0.3) is 0 Å². The average molecular weight is 260 g/mol. The van der Waals surface area contributed by atoms with Crippen LogP contribution in [0.1, 0.15) is 15.9 Å². The topological polar surface area (TPSA) is 41.9 Å². The number of benzene rings is 1. The van der Waals surface area contributed by atoms with Crippen LogP contribution in [0.2, 0.25) is 0 Å². The summed E-state index contributed by atoms with van der Waals surface area (Å²) in [5.74, 6) is -0.769. The van der Waals surface area contributed by atoms with Gasteiger partial charge in [0.2, 0.25) is 6.40 Å². The van der Waals surface area contributed by atoms with Gasteiger partial charge in [0, 0.05) is 14.1 Å². The molecule has 1 aromatic carbocycles. The van der Waals surface area contributed by atoms with E-state index in [1.165, 1.54) is 5.01 Å². The van der Waals surface area contributed by atoms with Gasteiger partial charge >= 0.3 is 12.1 Å². The van der Waals surface area contributed by atoms with E-state index in [1.54, 1.807) is 14.1 Å². The van der Waals surface area contributed by atoms with Gasteiger partial charge in [-0.05, 0) is 24.3 Å². The number of ether oxygens (including phenoxy) is 1. The van der Waals surface area contributed by atoms with Crippen molar-refractivity contribution in [2.24, 2.45) is 5.10 Å². The van der Waals surface area contributed by atoms with Crippen molar-refractivity contribution < 1.29 is 22.7 Å². The first-order valence-corrected chi connectivity index (χ1v) is 4.88. The molecule has 0 N–H and O–H groups in total. The van der Waals surface area contributed by atoms with Crippen LogP contribution in [0.25, 0.3) is 0 Å². The first-order valence-electron chi connectivity index (χ1n) is 4.88. The lowest BCUT2D eigenvalue weighted by molar-refractivity contribution is -0.137. The third-order valence-electron chi connectivity index (χ3n) is 1.89. The first kappa shape index (κ1) is 14.0. The fourth-order valence-corrected chi connectivity index (χ4v) is 1.03. The monoisotopic (exact) mass is 260 g/mol. The third-order valence-corrected chi connectivity index (χ3v) is 1.89. The third kappa shape index (κ3) is 4.08. The van der Waals surface area contributed by atoms with Crippen LogP contribution in [0.5, 0.6) is 0 Å². The molecular weight excluding hydrogens is 249 g/mol. The number of hydrogen-bond acceptors (Lipinski definition) is 4. The smallest absolute Gasteiger partial charge is 0.409 e. The summed E-state index contributed by atoms with van der Waals surface area (Å²) in [4.78, 5) is 11.4. The van der Waals surface area contributed by atoms with Gasteiger partial charge in [-0.2, -0.15) is 13.2 Å². The summed E-state index contributed by atoms with van der Waals surface area (Å²) in [6, 6.07) is 3.74. The minimum atomic E-state index is -4.42. The van der Waals surface area contributed by atoms with Crippen molar-refractivity contribution >= 4 is 12.4 Å². The first-order chi connectivity index (χ1) is 8.30. The van der Waals surface area contributed by atoms with Crippen molar-refractivity contribution in [2.75, 3.05) is 14.1 Å². The summed E-state index contributed by atoms with van der Waals surface area (Å²) in [7, 11) is 3.25. The average Bonchev–Trinajstić information content (AvgIpc) is 2.27. The number of hydrazone groups is 1. The van der Waals surface area contributed by atoms with E-state index in [4.69, 9.17) is 0 Å². The largest absolute Gasteiger partial charge is 0.416 e. The maximum Gasteiger partial charge on any atom is 0.416 e. The predicted molar refractivity (Wildman–Crippen MR) is 59.0 cm³/mol. The minimum Gasteiger partial charge on any atom is -0.409 e. The van der Waals surface area contributed by atoms with E-state index in [2.05, 4.69) is 9.84 Å². The van der Waals surface area contributed by atoms with E-state index in [9.17, 15) is 18.0 Å². The fourth-order valence-electron chi connectivity index (χ4n) is 1.03. The molecule has 0 fully saturated rings. The van der Waals surface area contributed by atoms with Crippen molar-refractivity contribution in [1.29, 1.82) is 0 Å². The Kier molecular flexibility index (Phi) is 4.30. The molecule has 0 aliphatic heterocycles. The molecule has 7 heteroatoms. The standard InChI is InChI=1S/C11H11F3N2O2/c1-16(2)15-7-18-10(17)8-3-5-9(6-4-8)11(12,13)14/h3-7H,1-2H3. The van der Waals surface area contributed by atoms with Crippen LogP contribution in [0.3, 0.4) is 0 Å². The number of esters is 1. The zero-order chi connectivity index (χ0) is 13.8. The Morgan fingerprint density at radius 1 is 1.28 bits per heavy atom. The molecule has 1 aromatic rings. The second-order valence-corrected chi connectivity index (χ2v) is 3.55. The van der Waals surface area contributed by atoms with Gasteiger partial charge in [-0.1, -0.05) is 0 Å².